The molecular weight excluding hydrogens is 291 g/mol. The zero-order valence-corrected chi connectivity index (χ0v) is 11.5. The van der Waals surface area contributed by atoms with E-state index in [1.165, 1.54) is 12.8 Å². The summed E-state index contributed by atoms with van der Waals surface area (Å²) in [5, 5.41) is 0. The van der Waals surface area contributed by atoms with Gasteiger partial charge in [-0.3, -0.25) is 0 Å². The highest BCUT2D eigenvalue weighted by Crippen LogP contribution is 2.41. The van der Waals surface area contributed by atoms with Crippen molar-refractivity contribution in [2.75, 3.05) is 13.2 Å². The van der Waals surface area contributed by atoms with Crippen LogP contribution in [-0.4, -0.2) is 22.9 Å². The first-order chi connectivity index (χ1) is 6.66. The van der Waals surface area contributed by atoms with Crippen LogP contribution in [-0.2, 0) is 9.47 Å². The smallest absolute Gasteiger partial charge is 0.180 e. The quantitative estimate of drug-likeness (QED) is 0.450. The predicted octanol–water partition coefficient (Wildman–Crippen LogP) is 3.38. The minimum absolute atomic E-state index is 0.304. The van der Waals surface area contributed by atoms with Crippen molar-refractivity contribution in [3.63, 3.8) is 0 Å². The van der Waals surface area contributed by atoms with Gasteiger partial charge in [0.15, 0.2) is 5.79 Å². The van der Waals surface area contributed by atoms with Gasteiger partial charge in [0, 0.05) is 19.6 Å². The second-order valence-corrected chi connectivity index (χ2v) is 5.29. The maximum absolute atomic E-state index is 5.86. The summed E-state index contributed by atoms with van der Waals surface area (Å²) in [7, 11) is 0. The number of hydrogen-bond donors (Lipinski definition) is 0. The summed E-state index contributed by atoms with van der Waals surface area (Å²) < 4.78 is 12.2. The SMILES string of the molecule is CCOC1(OCC)CCCC(C)C1I. The first kappa shape index (κ1) is 12.7. The summed E-state index contributed by atoms with van der Waals surface area (Å²) in [6, 6.07) is 0. The molecule has 2 nitrogen and oxygen atoms in total. The van der Waals surface area contributed by atoms with E-state index < -0.39 is 0 Å². The van der Waals surface area contributed by atoms with Gasteiger partial charge in [0.1, 0.15) is 0 Å². The molecule has 2 atom stereocenters. The fourth-order valence-electron chi connectivity index (χ4n) is 2.22. The third kappa shape index (κ3) is 2.61. The van der Waals surface area contributed by atoms with Crippen LogP contribution in [0.2, 0.25) is 0 Å². The van der Waals surface area contributed by atoms with Crippen LogP contribution < -0.4 is 0 Å². The summed E-state index contributed by atoms with van der Waals surface area (Å²) in [6.07, 6.45) is 3.57. The molecule has 3 heteroatoms. The van der Waals surface area contributed by atoms with E-state index in [2.05, 4.69) is 29.5 Å². The highest BCUT2D eigenvalue weighted by Gasteiger charge is 2.44. The predicted molar refractivity (Wildman–Crippen MR) is 66.8 cm³/mol. The maximum atomic E-state index is 5.86. The molecule has 1 fully saturated rings. The lowest BCUT2D eigenvalue weighted by atomic mass is 9.85. The van der Waals surface area contributed by atoms with E-state index in [0.29, 0.717) is 9.84 Å². The molecule has 0 aromatic rings. The van der Waals surface area contributed by atoms with E-state index >= 15 is 0 Å². The van der Waals surface area contributed by atoms with Crippen molar-refractivity contribution in [1.29, 1.82) is 0 Å². The van der Waals surface area contributed by atoms with Gasteiger partial charge in [-0.1, -0.05) is 29.5 Å². The van der Waals surface area contributed by atoms with Crippen LogP contribution in [0.5, 0.6) is 0 Å². The molecule has 0 aromatic heterocycles. The van der Waals surface area contributed by atoms with Gasteiger partial charge in [0.2, 0.25) is 0 Å². The lowest BCUT2D eigenvalue weighted by Gasteiger charge is -2.43. The van der Waals surface area contributed by atoms with Crippen LogP contribution >= 0.6 is 22.6 Å². The average Bonchev–Trinajstić information content (AvgIpc) is 2.15. The Balaban J connectivity index is 2.71. The zero-order chi connectivity index (χ0) is 10.6. The third-order valence-corrected chi connectivity index (χ3v) is 5.06. The second kappa shape index (κ2) is 5.66. The Kier molecular flexibility index (Phi) is 5.14. The fraction of sp³-hybridized carbons (Fsp3) is 1.00. The molecule has 0 bridgehead atoms. The van der Waals surface area contributed by atoms with E-state index in [4.69, 9.17) is 9.47 Å². The Morgan fingerprint density at radius 1 is 1.29 bits per heavy atom. The fourth-order valence-corrected chi connectivity index (χ4v) is 3.25. The van der Waals surface area contributed by atoms with Crippen LogP contribution in [0.3, 0.4) is 0 Å². The molecule has 0 aromatic carbocycles. The Hall–Kier alpha value is 0.650. The van der Waals surface area contributed by atoms with Crippen LogP contribution in [0, 0.1) is 5.92 Å². The van der Waals surface area contributed by atoms with E-state index in [1.54, 1.807) is 0 Å². The van der Waals surface area contributed by atoms with Crippen molar-refractivity contribution >= 4 is 22.6 Å². The maximum Gasteiger partial charge on any atom is 0.180 e. The van der Waals surface area contributed by atoms with Crippen molar-refractivity contribution in [3.05, 3.63) is 0 Å². The van der Waals surface area contributed by atoms with Gasteiger partial charge >= 0.3 is 0 Å². The molecule has 2 unspecified atom stereocenters. The molecule has 0 N–H and O–H groups in total. The van der Waals surface area contributed by atoms with Gasteiger partial charge in [-0.2, -0.15) is 0 Å². The monoisotopic (exact) mass is 312 g/mol. The molecule has 0 aliphatic heterocycles. The highest BCUT2D eigenvalue weighted by molar-refractivity contribution is 14.1. The summed E-state index contributed by atoms with van der Waals surface area (Å²) in [4.78, 5) is 0. The molecule has 0 saturated heterocycles. The van der Waals surface area contributed by atoms with Gasteiger partial charge < -0.3 is 9.47 Å². The lowest BCUT2D eigenvalue weighted by Crippen LogP contribution is -2.50. The first-order valence-corrected chi connectivity index (χ1v) is 6.82. The van der Waals surface area contributed by atoms with Gasteiger partial charge in [-0.15, -0.1) is 0 Å². The van der Waals surface area contributed by atoms with E-state index in [9.17, 15) is 0 Å². The molecule has 0 heterocycles. The van der Waals surface area contributed by atoms with Crippen molar-refractivity contribution in [3.8, 4) is 0 Å². The lowest BCUT2D eigenvalue weighted by molar-refractivity contribution is -0.246. The topological polar surface area (TPSA) is 18.5 Å². The molecule has 0 spiro atoms. The molecule has 0 amide bonds. The molecule has 14 heavy (non-hydrogen) atoms. The van der Waals surface area contributed by atoms with Crippen LogP contribution in [0.4, 0.5) is 0 Å². The number of rotatable bonds is 4. The van der Waals surface area contributed by atoms with Crippen LogP contribution in [0.1, 0.15) is 40.0 Å². The Morgan fingerprint density at radius 3 is 2.36 bits per heavy atom. The van der Waals surface area contributed by atoms with E-state index in [0.717, 1.165) is 19.6 Å². The van der Waals surface area contributed by atoms with E-state index in [-0.39, 0.29) is 5.79 Å². The van der Waals surface area contributed by atoms with Gasteiger partial charge in [0.05, 0.1) is 3.92 Å². The Labute approximate surface area is 101 Å². The minimum atomic E-state index is -0.304. The molecule has 84 valence electrons. The van der Waals surface area contributed by atoms with Crippen molar-refractivity contribution in [2.24, 2.45) is 5.92 Å². The van der Waals surface area contributed by atoms with Crippen molar-refractivity contribution < 1.29 is 9.47 Å². The second-order valence-electron chi connectivity index (χ2n) is 3.95. The molecule has 1 aliphatic carbocycles. The number of ether oxygens (including phenoxy) is 2. The zero-order valence-electron chi connectivity index (χ0n) is 9.38. The third-order valence-electron chi connectivity index (χ3n) is 2.88. The normalized spacial score (nSPS) is 31.7. The number of hydrogen-bond acceptors (Lipinski definition) is 2. The molecule has 1 rings (SSSR count). The Morgan fingerprint density at radius 2 is 1.86 bits per heavy atom. The molecule has 0 radical (unpaired) electrons. The Bertz CT molecular complexity index is 161. The summed E-state index contributed by atoms with van der Waals surface area (Å²) in [6.45, 7) is 7.87. The van der Waals surface area contributed by atoms with Gasteiger partial charge in [0.25, 0.3) is 0 Å². The number of alkyl halides is 1. The molecular formula is C11H21IO2. The largest absolute Gasteiger partial charge is 0.349 e. The van der Waals surface area contributed by atoms with E-state index in [1.807, 2.05) is 13.8 Å². The number of halogens is 1. The minimum Gasteiger partial charge on any atom is -0.349 e. The van der Waals surface area contributed by atoms with Crippen molar-refractivity contribution in [2.45, 2.75) is 49.7 Å². The van der Waals surface area contributed by atoms with Crippen LogP contribution in [0.25, 0.3) is 0 Å². The molecule has 1 saturated carbocycles. The van der Waals surface area contributed by atoms with Gasteiger partial charge in [-0.05, 0) is 32.6 Å². The average molecular weight is 312 g/mol. The summed E-state index contributed by atoms with van der Waals surface area (Å²) >= 11 is 2.49. The van der Waals surface area contributed by atoms with Crippen LogP contribution in [0.15, 0.2) is 0 Å². The van der Waals surface area contributed by atoms with Gasteiger partial charge in [-0.25, -0.2) is 0 Å². The highest BCUT2D eigenvalue weighted by atomic mass is 127. The first-order valence-electron chi connectivity index (χ1n) is 5.58. The molecule has 1 aliphatic rings. The summed E-state index contributed by atoms with van der Waals surface area (Å²) in [5.41, 5.74) is 0. The summed E-state index contributed by atoms with van der Waals surface area (Å²) in [5.74, 6) is 0.393. The van der Waals surface area contributed by atoms with Crippen molar-refractivity contribution in [1.82, 2.24) is 0 Å². The standard InChI is InChI=1S/C11H21IO2/c1-4-13-11(14-5-2)8-6-7-9(3)10(11)12/h9-10H,4-8H2,1-3H3.